The van der Waals surface area contributed by atoms with Crippen molar-refractivity contribution in [2.24, 2.45) is 0 Å². The van der Waals surface area contributed by atoms with Gasteiger partial charge in [0.25, 0.3) is 5.79 Å². The number of carbonyl (C=O) groups is 2. The van der Waals surface area contributed by atoms with Crippen LogP contribution in [0.25, 0.3) is 0 Å². The smallest absolute Gasteiger partial charge is 0.364 e. The van der Waals surface area contributed by atoms with Crippen LogP contribution in [0.15, 0.2) is 0 Å². The van der Waals surface area contributed by atoms with E-state index >= 15 is 0 Å². The maximum Gasteiger partial charge on any atom is 0.364 e. The van der Waals surface area contributed by atoms with Crippen LogP contribution in [0.2, 0.25) is 0 Å². The first-order valence-corrected chi connectivity index (χ1v) is 14.3. The van der Waals surface area contributed by atoms with Gasteiger partial charge < -0.3 is 75.0 Å². The summed E-state index contributed by atoms with van der Waals surface area (Å²) < 4.78 is 28.2. The Bertz CT molecular complexity index is 912. The molecular weight excluding hydrogens is 582 g/mol. The van der Waals surface area contributed by atoms with Gasteiger partial charge in [-0.05, 0) is 19.8 Å². The van der Waals surface area contributed by atoms with Gasteiger partial charge in [-0.25, -0.2) is 4.79 Å². The van der Waals surface area contributed by atoms with Crippen molar-refractivity contribution in [3.8, 4) is 0 Å². The Hall–Kier alpha value is -1.58. The van der Waals surface area contributed by atoms with Crippen LogP contribution in [0.5, 0.6) is 0 Å². The van der Waals surface area contributed by atoms with Gasteiger partial charge in [-0.2, -0.15) is 0 Å². The third-order valence-corrected chi connectivity index (χ3v) is 7.96. The second-order valence-electron chi connectivity index (χ2n) is 11.4. The molecule has 3 fully saturated rings. The molecule has 0 radical (unpaired) electrons. The van der Waals surface area contributed by atoms with Gasteiger partial charge in [-0.1, -0.05) is 12.8 Å². The van der Waals surface area contributed by atoms with Crippen LogP contribution in [0.3, 0.4) is 0 Å². The summed E-state index contributed by atoms with van der Waals surface area (Å²) in [6.45, 7) is 0.695. The molecule has 17 nitrogen and oxygen atoms in total. The maximum absolute atomic E-state index is 12.3. The lowest BCUT2D eigenvalue weighted by Gasteiger charge is -2.46. The Labute approximate surface area is 247 Å². The fourth-order valence-corrected chi connectivity index (χ4v) is 5.50. The zero-order valence-corrected chi connectivity index (χ0v) is 24.0. The lowest BCUT2D eigenvalue weighted by molar-refractivity contribution is -0.318. The van der Waals surface area contributed by atoms with E-state index in [9.17, 15) is 55.5 Å². The minimum Gasteiger partial charge on any atom is -0.477 e. The number of amides is 1. The summed E-state index contributed by atoms with van der Waals surface area (Å²) in [6, 6.07) is -1.36. The molecule has 0 bridgehead atoms. The number of carboxylic acids is 1. The van der Waals surface area contributed by atoms with Crippen molar-refractivity contribution in [1.29, 1.82) is 0 Å². The summed E-state index contributed by atoms with van der Waals surface area (Å²) in [5, 5.41) is 93.5. The first-order chi connectivity index (χ1) is 20.2. The van der Waals surface area contributed by atoms with Crippen molar-refractivity contribution in [1.82, 2.24) is 5.32 Å². The standard InChI is InChI=1S/C26H45NO16/c1-11-19(33)21(35)22(36)24(41-11)42-17-6-4-3-5-16(17)39-9-13(30)10-40-26(25(37)38)7-14(31)18(27-12(2)29)23(43-26)20(34)15(32)8-28/h11,13-24,28,30-36H,3-10H2,1-2H3,(H,27,29)(H,37,38)/t11-,13?,14-,15+,16?,17+,18+,19+,20+,21+,22-,23?,24-,26+/m0/s1. The van der Waals surface area contributed by atoms with Crippen molar-refractivity contribution >= 4 is 11.9 Å². The number of nitrogens with one attached hydrogen (secondary N) is 1. The number of rotatable bonds is 13. The molecule has 0 aromatic heterocycles. The summed E-state index contributed by atoms with van der Waals surface area (Å²) in [7, 11) is 0. The average Bonchev–Trinajstić information content (AvgIpc) is 2.97. The molecule has 2 aliphatic heterocycles. The number of carbonyl (C=O) groups excluding carboxylic acids is 1. The fraction of sp³-hybridized carbons (Fsp3) is 0.923. The number of hydrogen-bond acceptors (Lipinski definition) is 15. The topological polar surface area (TPSA) is 274 Å². The molecule has 1 saturated carbocycles. The summed E-state index contributed by atoms with van der Waals surface area (Å²) >= 11 is 0. The van der Waals surface area contributed by atoms with E-state index in [-0.39, 0.29) is 6.61 Å². The number of hydrogen-bond donors (Lipinski definition) is 10. The third-order valence-electron chi connectivity index (χ3n) is 7.96. The molecule has 1 amide bonds. The molecule has 3 aliphatic rings. The first kappa shape index (κ1) is 35.9. The van der Waals surface area contributed by atoms with Gasteiger partial charge in [0, 0.05) is 13.3 Å². The Kier molecular flexibility index (Phi) is 13.0. The van der Waals surface area contributed by atoms with Gasteiger partial charge >= 0.3 is 5.97 Å². The molecule has 3 unspecified atom stereocenters. The van der Waals surface area contributed by atoms with Crippen LogP contribution >= 0.6 is 0 Å². The quantitative estimate of drug-likeness (QED) is 0.0924. The van der Waals surface area contributed by atoms with E-state index < -0.39 is 117 Å². The molecule has 250 valence electrons. The molecule has 3 rings (SSSR count). The molecule has 2 saturated heterocycles. The second-order valence-corrected chi connectivity index (χ2v) is 11.4. The van der Waals surface area contributed by atoms with Gasteiger partial charge in [-0.3, -0.25) is 4.79 Å². The molecule has 10 N–H and O–H groups in total. The van der Waals surface area contributed by atoms with E-state index in [0.717, 1.165) is 19.8 Å². The number of aliphatic hydroxyl groups is 8. The zero-order valence-electron chi connectivity index (χ0n) is 24.0. The van der Waals surface area contributed by atoms with Gasteiger partial charge in [0.2, 0.25) is 5.91 Å². The minimum absolute atomic E-state index is 0.349. The molecular formula is C26H45NO16. The summed E-state index contributed by atoms with van der Waals surface area (Å²) in [6.07, 6.45) is -14.1. The summed E-state index contributed by atoms with van der Waals surface area (Å²) in [5.74, 6) is -4.97. The number of ether oxygens (including phenoxy) is 5. The predicted octanol–water partition coefficient (Wildman–Crippen LogP) is -4.31. The minimum atomic E-state index is -2.61. The van der Waals surface area contributed by atoms with E-state index in [1.165, 1.54) is 6.92 Å². The molecule has 17 heteroatoms. The van der Waals surface area contributed by atoms with Crippen LogP contribution in [0.1, 0.15) is 46.0 Å². The number of aliphatic hydroxyl groups excluding tert-OH is 8. The zero-order chi connectivity index (χ0) is 32.1. The van der Waals surface area contributed by atoms with E-state index in [2.05, 4.69) is 5.32 Å². The Balaban J connectivity index is 1.62. The molecule has 0 spiro atoms. The van der Waals surface area contributed by atoms with Gasteiger partial charge in [0.15, 0.2) is 6.29 Å². The van der Waals surface area contributed by atoms with Crippen molar-refractivity contribution in [2.45, 2.75) is 131 Å². The molecule has 43 heavy (non-hydrogen) atoms. The van der Waals surface area contributed by atoms with E-state index in [1.54, 1.807) is 0 Å². The molecule has 1 aliphatic carbocycles. The van der Waals surface area contributed by atoms with Gasteiger partial charge in [-0.15, -0.1) is 0 Å². The third kappa shape index (κ3) is 8.78. The average molecular weight is 628 g/mol. The van der Waals surface area contributed by atoms with Crippen molar-refractivity contribution < 1.29 is 79.2 Å². The van der Waals surface area contributed by atoms with Crippen molar-refractivity contribution in [2.75, 3.05) is 19.8 Å². The Morgan fingerprint density at radius 2 is 1.65 bits per heavy atom. The first-order valence-electron chi connectivity index (χ1n) is 14.3. The predicted molar refractivity (Wildman–Crippen MR) is 140 cm³/mol. The van der Waals surface area contributed by atoms with Crippen LogP contribution in [-0.2, 0) is 33.3 Å². The van der Waals surface area contributed by atoms with E-state index in [1.807, 2.05) is 0 Å². The summed E-state index contributed by atoms with van der Waals surface area (Å²) in [4.78, 5) is 23.9. The second kappa shape index (κ2) is 15.6. The molecule has 0 aromatic rings. The molecule has 2 heterocycles. The van der Waals surface area contributed by atoms with Gasteiger partial charge in [0.1, 0.15) is 42.7 Å². The lowest BCUT2D eigenvalue weighted by Crippen LogP contribution is -2.68. The number of carboxylic acid groups (broad SMARTS) is 1. The van der Waals surface area contributed by atoms with Crippen LogP contribution in [0.4, 0.5) is 0 Å². The van der Waals surface area contributed by atoms with Crippen LogP contribution < -0.4 is 5.32 Å². The van der Waals surface area contributed by atoms with Gasteiger partial charge in [0.05, 0.1) is 50.3 Å². The highest BCUT2D eigenvalue weighted by atomic mass is 16.7. The highest BCUT2D eigenvalue weighted by Crippen LogP contribution is 2.34. The van der Waals surface area contributed by atoms with Crippen LogP contribution in [0, 0.1) is 0 Å². The van der Waals surface area contributed by atoms with Crippen molar-refractivity contribution in [3.05, 3.63) is 0 Å². The van der Waals surface area contributed by atoms with E-state index in [4.69, 9.17) is 23.7 Å². The van der Waals surface area contributed by atoms with E-state index in [0.29, 0.717) is 12.8 Å². The maximum atomic E-state index is 12.3. The molecule has 0 aromatic carbocycles. The monoisotopic (exact) mass is 627 g/mol. The van der Waals surface area contributed by atoms with Crippen LogP contribution in [-0.4, -0.2) is 163 Å². The largest absolute Gasteiger partial charge is 0.477 e. The Morgan fingerprint density at radius 1 is 1.00 bits per heavy atom. The highest BCUT2D eigenvalue weighted by Gasteiger charge is 2.56. The normalized spacial score (nSPS) is 40.8. The summed E-state index contributed by atoms with van der Waals surface area (Å²) in [5.41, 5.74) is 0. The Morgan fingerprint density at radius 3 is 2.26 bits per heavy atom. The fourth-order valence-electron chi connectivity index (χ4n) is 5.50. The molecule has 14 atom stereocenters. The lowest BCUT2D eigenvalue weighted by atomic mass is 9.88. The number of aliphatic carboxylic acids is 1. The SMILES string of the molecule is CC(=O)N[C@H]1C([C@H](O)[C@H](O)CO)O[C@@](OCC(O)COC2CCCC[C@H]2O[C@@H]2O[C@@H](C)[C@@H](O)[C@@H](O)[C@@H]2O)(C(=O)O)C[C@@H]1O. The van der Waals surface area contributed by atoms with Crippen molar-refractivity contribution in [3.63, 3.8) is 0 Å². The highest BCUT2D eigenvalue weighted by molar-refractivity contribution is 5.76.